The molecule has 7 heteroatoms. The molecule has 1 atom stereocenters. The van der Waals surface area contributed by atoms with Gasteiger partial charge in [0, 0.05) is 21.8 Å². The van der Waals surface area contributed by atoms with Gasteiger partial charge in [-0.2, -0.15) is 0 Å². The maximum absolute atomic E-state index is 4.03. The number of nitrogens with zero attached hydrogens (tertiary/aromatic N) is 3. The molecule has 0 aliphatic rings. The van der Waals surface area contributed by atoms with Crippen molar-refractivity contribution < 1.29 is 0 Å². The average Bonchev–Trinajstić information content (AvgIpc) is 2.84. The van der Waals surface area contributed by atoms with Crippen molar-refractivity contribution in [2.45, 2.75) is 13.0 Å². The number of nitrogens with one attached hydrogen (secondary N) is 1. The van der Waals surface area contributed by atoms with Crippen LogP contribution in [0.25, 0.3) is 0 Å². The van der Waals surface area contributed by atoms with Crippen molar-refractivity contribution in [1.82, 2.24) is 20.3 Å². The lowest BCUT2D eigenvalue weighted by Gasteiger charge is -2.16. The lowest BCUT2D eigenvalue weighted by molar-refractivity contribution is 0.573. The summed E-state index contributed by atoms with van der Waals surface area (Å²) in [7, 11) is 1.90. The van der Waals surface area contributed by atoms with Crippen molar-refractivity contribution in [3.63, 3.8) is 0 Å². The van der Waals surface area contributed by atoms with Crippen LogP contribution >= 0.6 is 43.2 Å². The molecule has 1 N–H and O–H groups in total. The zero-order chi connectivity index (χ0) is 12.4. The van der Waals surface area contributed by atoms with Crippen molar-refractivity contribution in [1.29, 1.82) is 0 Å². The molecule has 2 rings (SSSR count). The number of rotatable bonds is 4. The highest BCUT2D eigenvalue weighted by Gasteiger charge is 2.22. The molecule has 2 heterocycles. The Kier molecular flexibility index (Phi) is 4.35. The molecule has 2 aromatic heterocycles. The van der Waals surface area contributed by atoms with Gasteiger partial charge in [0.15, 0.2) is 4.60 Å². The van der Waals surface area contributed by atoms with Gasteiger partial charge in [-0.05, 0) is 44.5 Å². The maximum Gasteiger partial charge on any atom is 0.153 e. The van der Waals surface area contributed by atoms with Crippen LogP contribution in [0.4, 0.5) is 0 Å². The Labute approximate surface area is 121 Å². The summed E-state index contributed by atoms with van der Waals surface area (Å²) in [6.07, 6.45) is 0. The summed E-state index contributed by atoms with van der Waals surface area (Å²) in [5.41, 5.74) is 1.04. The number of thiophene rings is 1. The van der Waals surface area contributed by atoms with E-state index in [1.807, 2.05) is 7.05 Å². The molecule has 2 aromatic rings. The number of aryl methyl sites for hydroxylation is 1. The van der Waals surface area contributed by atoms with E-state index in [1.165, 1.54) is 4.88 Å². The summed E-state index contributed by atoms with van der Waals surface area (Å²) in [4.78, 5) is 1.24. The van der Waals surface area contributed by atoms with E-state index in [0.717, 1.165) is 21.3 Å². The Morgan fingerprint density at radius 1 is 1.53 bits per heavy atom. The number of aromatic nitrogens is 3. The fourth-order valence-electron chi connectivity index (χ4n) is 1.66. The van der Waals surface area contributed by atoms with Gasteiger partial charge in [0.2, 0.25) is 0 Å². The van der Waals surface area contributed by atoms with Gasteiger partial charge in [0.25, 0.3) is 0 Å². The molecule has 17 heavy (non-hydrogen) atoms. The average molecular weight is 380 g/mol. The first-order valence-corrected chi connectivity index (χ1v) is 7.62. The minimum absolute atomic E-state index is 0.116. The van der Waals surface area contributed by atoms with Gasteiger partial charge in [-0.25, -0.2) is 4.68 Å². The highest BCUT2D eigenvalue weighted by Crippen LogP contribution is 2.32. The molecule has 0 spiro atoms. The minimum atomic E-state index is 0.116. The Morgan fingerprint density at radius 3 is 2.76 bits per heavy atom. The summed E-state index contributed by atoms with van der Waals surface area (Å²) < 4.78 is 3.69. The molecule has 1 unspecified atom stereocenters. The second-order valence-corrected chi connectivity index (χ2v) is 6.16. The molecule has 4 nitrogen and oxygen atoms in total. The van der Waals surface area contributed by atoms with E-state index in [2.05, 4.69) is 65.9 Å². The van der Waals surface area contributed by atoms with E-state index >= 15 is 0 Å². The van der Waals surface area contributed by atoms with Crippen molar-refractivity contribution >= 4 is 43.2 Å². The zero-order valence-corrected chi connectivity index (χ0v) is 13.4. The first-order valence-electron chi connectivity index (χ1n) is 5.15. The van der Waals surface area contributed by atoms with E-state index in [4.69, 9.17) is 0 Å². The highest BCUT2D eigenvalue weighted by atomic mass is 79.9. The zero-order valence-electron chi connectivity index (χ0n) is 9.44. The standard InChI is InChI=1S/C10H12Br2N4S/c1-3-13-8(7-4-6(11)5-17-7)9-10(12)14-15-16(9)2/h4-5,8,13H,3H2,1-2H3. The Morgan fingerprint density at radius 2 is 2.29 bits per heavy atom. The van der Waals surface area contributed by atoms with Crippen LogP contribution < -0.4 is 5.32 Å². The molecule has 0 aromatic carbocycles. The van der Waals surface area contributed by atoms with Crippen LogP contribution in [0, 0.1) is 0 Å². The van der Waals surface area contributed by atoms with Gasteiger partial charge in [0.1, 0.15) is 0 Å². The molecule has 0 amide bonds. The van der Waals surface area contributed by atoms with Crippen molar-refractivity contribution in [3.05, 3.63) is 31.1 Å². The lowest BCUT2D eigenvalue weighted by Crippen LogP contribution is -2.23. The van der Waals surface area contributed by atoms with E-state index in [9.17, 15) is 0 Å². The van der Waals surface area contributed by atoms with Gasteiger partial charge in [0.05, 0.1) is 11.7 Å². The van der Waals surface area contributed by atoms with Gasteiger partial charge < -0.3 is 5.32 Å². The Bertz CT molecular complexity index is 489. The highest BCUT2D eigenvalue weighted by molar-refractivity contribution is 9.10. The largest absolute Gasteiger partial charge is 0.305 e. The summed E-state index contributed by atoms with van der Waals surface area (Å²) >= 11 is 8.65. The van der Waals surface area contributed by atoms with Gasteiger partial charge in [-0.1, -0.05) is 12.1 Å². The van der Waals surface area contributed by atoms with Crippen LogP contribution in [0.1, 0.15) is 23.5 Å². The smallest absolute Gasteiger partial charge is 0.153 e. The van der Waals surface area contributed by atoms with Crippen molar-refractivity contribution in [2.24, 2.45) is 7.05 Å². The third-order valence-electron chi connectivity index (χ3n) is 2.38. The van der Waals surface area contributed by atoms with Crippen LogP contribution in [0.3, 0.4) is 0 Å². The van der Waals surface area contributed by atoms with E-state index < -0.39 is 0 Å². The molecule has 0 radical (unpaired) electrons. The normalized spacial score (nSPS) is 12.9. The first kappa shape index (κ1) is 13.2. The summed E-state index contributed by atoms with van der Waals surface area (Å²) in [5.74, 6) is 0. The molecule has 0 aliphatic carbocycles. The first-order chi connectivity index (χ1) is 8.13. The second kappa shape index (κ2) is 5.60. The summed E-state index contributed by atoms with van der Waals surface area (Å²) in [6.45, 7) is 2.98. The van der Waals surface area contributed by atoms with Crippen LogP contribution in [0.5, 0.6) is 0 Å². The number of hydrogen-bond donors (Lipinski definition) is 1. The Balaban J connectivity index is 2.42. The SMILES string of the molecule is CCNC(c1cc(Br)cs1)c1c(Br)nnn1C. The molecule has 92 valence electrons. The van der Waals surface area contributed by atoms with Gasteiger partial charge in [-0.15, -0.1) is 16.4 Å². The maximum atomic E-state index is 4.03. The number of hydrogen-bond acceptors (Lipinski definition) is 4. The minimum Gasteiger partial charge on any atom is -0.305 e. The molecule has 0 saturated heterocycles. The van der Waals surface area contributed by atoms with Crippen molar-refractivity contribution in [2.75, 3.05) is 6.54 Å². The molecule has 0 aliphatic heterocycles. The molecule has 0 saturated carbocycles. The van der Waals surface area contributed by atoms with Gasteiger partial charge >= 0.3 is 0 Å². The van der Waals surface area contributed by atoms with E-state index in [1.54, 1.807) is 16.0 Å². The lowest BCUT2D eigenvalue weighted by atomic mass is 10.2. The third-order valence-corrected chi connectivity index (χ3v) is 4.70. The summed E-state index contributed by atoms with van der Waals surface area (Å²) in [6, 6.07) is 2.24. The summed E-state index contributed by atoms with van der Waals surface area (Å²) in [5, 5.41) is 13.6. The monoisotopic (exact) mass is 378 g/mol. The van der Waals surface area contributed by atoms with Crippen LogP contribution in [0.15, 0.2) is 20.5 Å². The van der Waals surface area contributed by atoms with E-state index in [0.29, 0.717) is 0 Å². The van der Waals surface area contributed by atoms with Crippen molar-refractivity contribution in [3.8, 4) is 0 Å². The Hall–Kier alpha value is -0.240. The fraction of sp³-hybridized carbons (Fsp3) is 0.400. The van der Waals surface area contributed by atoms with Crippen LogP contribution in [0.2, 0.25) is 0 Å². The second-order valence-electron chi connectivity index (χ2n) is 3.55. The third kappa shape index (κ3) is 2.78. The predicted octanol–water partition coefficient (Wildman–Crippen LogP) is 3.10. The number of halogens is 2. The molecular formula is C10H12Br2N4S. The topological polar surface area (TPSA) is 42.7 Å². The van der Waals surface area contributed by atoms with Gasteiger partial charge in [-0.3, -0.25) is 0 Å². The predicted molar refractivity (Wildman–Crippen MR) is 76.2 cm³/mol. The molecule has 0 bridgehead atoms. The fourth-order valence-corrected chi connectivity index (χ4v) is 3.74. The van der Waals surface area contributed by atoms with Crippen LogP contribution in [-0.4, -0.2) is 21.5 Å². The quantitative estimate of drug-likeness (QED) is 0.887. The van der Waals surface area contributed by atoms with E-state index in [-0.39, 0.29) is 6.04 Å². The van der Waals surface area contributed by atoms with Crippen LogP contribution in [-0.2, 0) is 7.05 Å². The molecule has 0 fully saturated rings. The molecular weight excluding hydrogens is 368 g/mol.